The van der Waals surface area contributed by atoms with Gasteiger partial charge in [0.05, 0.1) is 17.4 Å². The van der Waals surface area contributed by atoms with Gasteiger partial charge in [-0.2, -0.15) is 10.2 Å². The Labute approximate surface area is 113 Å². The summed E-state index contributed by atoms with van der Waals surface area (Å²) >= 11 is 0. The number of nitrogens with zero attached hydrogens (tertiary/aromatic N) is 5. The van der Waals surface area contributed by atoms with Crippen LogP contribution in [0.4, 0.5) is 0 Å². The van der Waals surface area contributed by atoms with Crippen molar-refractivity contribution >= 4 is 0 Å². The van der Waals surface area contributed by atoms with Crippen LogP contribution in [0.3, 0.4) is 0 Å². The maximum atomic E-state index is 4.52. The third-order valence-electron chi connectivity index (χ3n) is 3.33. The molecule has 2 aromatic heterocycles. The average molecular weight is 262 g/mol. The fourth-order valence-corrected chi connectivity index (χ4v) is 2.26. The van der Waals surface area contributed by atoms with Gasteiger partial charge in [0.25, 0.3) is 0 Å². The van der Waals surface area contributed by atoms with E-state index in [1.54, 1.807) is 6.33 Å². The molecule has 6 heteroatoms. The first-order chi connectivity index (χ1) is 9.15. The van der Waals surface area contributed by atoms with Crippen molar-refractivity contribution in [3.05, 3.63) is 29.6 Å². The van der Waals surface area contributed by atoms with E-state index >= 15 is 0 Å². The summed E-state index contributed by atoms with van der Waals surface area (Å²) in [6.07, 6.45) is 3.36. The van der Waals surface area contributed by atoms with Crippen molar-refractivity contribution in [1.29, 1.82) is 0 Å². The van der Waals surface area contributed by atoms with E-state index in [1.165, 1.54) is 5.69 Å². The highest BCUT2D eigenvalue weighted by atomic mass is 15.3. The number of rotatable bonds is 6. The molecule has 0 amide bonds. The van der Waals surface area contributed by atoms with Crippen molar-refractivity contribution < 1.29 is 0 Å². The third-order valence-corrected chi connectivity index (χ3v) is 3.33. The van der Waals surface area contributed by atoms with Crippen molar-refractivity contribution in [2.75, 3.05) is 6.54 Å². The van der Waals surface area contributed by atoms with E-state index in [0.717, 1.165) is 30.9 Å². The van der Waals surface area contributed by atoms with Gasteiger partial charge >= 0.3 is 0 Å². The molecule has 0 aromatic carbocycles. The first-order valence-electron chi connectivity index (χ1n) is 6.74. The predicted octanol–water partition coefficient (Wildman–Crippen LogP) is 1.00. The van der Waals surface area contributed by atoms with Gasteiger partial charge in [0.15, 0.2) is 0 Å². The van der Waals surface area contributed by atoms with Crippen LogP contribution in [0, 0.1) is 0 Å². The third kappa shape index (κ3) is 3.01. The number of hydrogen-bond acceptors (Lipinski definition) is 4. The molecule has 0 saturated carbocycles. The predicted molar refractivity (Wildman–Crippen MR) is 73.7 cm³/mol. The van der Waals surface area contributed by atoms with Crippen molar-refractivity contribution in [2.45, 2.75) is 32.7 Å². The fraction of sp³-hybridized carbons (Fsp3) is 0.615. The van der Waals surface area contributed by atoms with Gasteiger partial charge < -0.3 is 5.32 Å². The van der Waals surface area contributed by atoms with Gasteiger partial charge in [-0.05, 0) is 19.0 Å². The Balaban J connectivity index is 2.24. The molecule has 0 fully saturated rings. The molecule has 19 heavy (non-hydrogen) atoms. The van der Waals surface area contributed by atoms with Gasteiger partial charge in [-0.25, -0.2) is 4.98 Å². The second-order valence-corrected chi connectivity index (χ2v) is 4.65. The summed E-state index contributed by atoms with van der Waals surface area (Å²) in [4.78, 5) is 4.30. The summed E-state index contributed by atoms with van der Waals surface area (Å²) in [5.41, 5.74) is 2.32. The Morgan fingerprint density at radius 3 is 2.58 bits per heavy atom. The van der Waals surface area contributed by atoms with Crippen molar-refractivity contribution in [2.24, 2.45) is 14.1 Å². The van der Waals surface area contributed by atoms with Gasteiger partial charge in [0, 0.05) is 20.5 Å². The van der Waals surface area contributed by atoms with E-state index in [4.69, 9.17) is 0 Å². The molecule has 104 valence electrons. The number of nitrogens with one attached hydrogen (secondary N) is 1. The summed E-state index contributed by atoms with van der Waals surface area (Å²) in [7, 11) is 3.92. The molecule has 2 rings (SSSR count). The largest absolute Gasteiger partial charge is 0.309 e. The first kappa shape index (κ1) is 13.7. The molecule has 0 radical (unpaired) electrons. The molecule has 1 atom stereocenters. The quantitative estimate of drug-likeness (QED) is 0.844. The van der Waals surface area contributed by atoms with Crippen molar-refractivity contribution in [1.82, 2.24) is 29.9 Å². The maximum Gasteiger partial charge on any atom is 0.138 e. The standard InChI is InChI=1S/C13H22N6/c1-5-10-7-12(18(3)17-10)11(14-6-2)8-13-15-9-16-19(13)4/h7,9,11,14H,5-6,8H2,1-4H3. The Kier molecular flexibility index (Phi) is 4.31. The molecule has 6 nitrogen and oxygen atoms in total. The molecule has 2 aromatic rings. The lowest BCUT2D eigenvalue weighted by Crippen LogP contribution is -2.26. The van der Waals surface area contributed by atoms with Crippen molar-refractivity contribution in [3.8, 4) is 0 Å². The summed E-state index contributed by atoms with van der Waals surface area (Å²) in [5, 5.41) is 12.1. The lowest BCUT2D eigenvalue weighted by Gasteiger charge is -2.17. The Hall–Kier alpha value is -1.69. The van der Waals surface area contributed by atoms with Crippen LogP contribution in [-0.2, 0) is 26.9 Å². The molecule has 0 aliphatic heterocycles. The summed E-state index contributed by atoms with van der Waals surface area (Å²) in [5.74, 6) is 0.977. The van der Waals surface area contributed by atoms with E-state index < -0.39 is 0 Å². The zero-order valence-corrected chi connectivity index (χ0v) is 12.1. The zero-order chi connectivity index (χ0) is 13.8. The number of likely N-dealkylation sites (N-methyl/N-ethyl adjacent to an activating group) is 1. The van der Waals surface area contributed by atoms with E-state index in [9.17, 15) is 0 Å². The maximum absolute atomic E-state index is 4.52. The molecule has 0 saturated heterocycles. The first-order valence-corrected chi connectivity index (χ1v) is 6.74. The Morgan fingerprint density at radius 2 is 2.05 bits per heavy atom. The average Bonchev–Trinajstić information content (AvgIpc) is 2.95. The zero-order valence-electron chi connectivity index (χ0n) is 12.1. The van der Waals surface area contributed by atoms with Crippen LogP contribution in [0.25, 0.3) is 0 Å². The second kappa shape index (κ2) is 5.97. The minimum atomic E-state index is 0.214. The van der Waals surface area contributed by atoms with Crippen LogP contribution in [0.5, 0.6) is 0 Å². The highest BCUT2D eigenvalue weighted by Crippen LogP contribution is 2.18. The van der Waals surface area contributed by atoms with Crippen LogP contribution in [0.15, 0.2) is 12.4 Å². The monoisotopic (exact) mass is 262 g/mol. The number of aryl methyl sites for hydroxylation is 3. The SMILES string of the molecule is CCNC(Cc1ncnn1C)c1cc(CC)nn1C. The van der Waals surface area contributed by atoms with Crippen LogP contribution < -0.4 is 5.32 Å². The molecule has 0 aliphatic rings. The molecule has 0 spiro atoms. The number of hydrogen-bond donors (Lipinski definition) is 1. The van der Waals surface area contributed by atoms with Crippen LogP contribution in [0.1, 0.15) is 37.1 Å². The smallest absolute Gasteiger partial charge is 0.138 e. The fourth-order valence-electron chi connectivity index (χ4n) is 2.26. The molecule has 1 unspecified atom stereocenters. The molecule has 0 aliphatic carbocycles. The van der Waals surface area contributed by atoms with Gasteiger partial charge in [-0.1, -0.05) is 13.8 Å². The van der Waals surface area contributed by atoms with Crippen LogP contribution in [0.2, 0.25) is 0 Å². The summed E-state index contributed by atoms with van der Waals surface area (Å²) < 4.78 is 3.78. The summed E-state index contributed by atoms with van der Waals surface area (Å²) in [6, 6.07) is 2.38. The minimum Gasteiger partial charge on any atom is -0.309 e. The van der Waals surface area contributed by atoms with E-state index in [-0.39, 0.29) is 6.04 Å². The summed E-state index contributed by atoms with van der Waals surface area (Å²) in [6.45, 7) is 5.15. The lowest BCUT2D eigenvalue weighted by atomic mass is 10.1. The minimum absolute atomic E-state index is 0.214. The van der Waals surface area contributed by atoms with Gasteiger partial charge in [0.2, 0.25) is 0 Å². The highest BCUT2D eigenvalue weighted by Gasteiger charge is 2.18. The lowest BCUT2D eigenvalue weighted by molar-refractivity contribution is 0.488. The number of aromatic nitrogens is 5. The molecule has 2 heterocycles. The van der Waals surface area contributed by atoms with Crippen LogP contribution >= 0.6 is 0 Å². The van der Waals surface area contributed by atoms with Gasteiger partial charge in [-0.3, -0.25) is 9.36 Å². The molecular weight excluding hydrogens is 240 g/mol. The van der Waals surface area contributed by atoms with Crippen LogP contribution in [-0.4, -0.2) is 31.1 Å². The van der Waals surface area contributed by atoms with Gasteiger partial charge in [-0.15, -0.1) is 0 Å². The molecular formula is C13H22N6. The van der Waals surface area contributed by atoms with E-state index in [2.05, 4.69) is 40.4 Å². The second-order valence-electron chi connectivity index (χ2n) is 4.65. The van der Waals surface area contributed by atoms with Gasteiger partial charge in [0.1, 0.15) is 12.2 Å². The molecule has 0 bridgehead atoms. The molecule has 1 N–H and O–H groups in total. The Morgan fingerprint density at radius 1 is 1.26 bits per heavy atom. The van der Waals surface area contributed by atoms with E-state index in [1.807, 2.05) is 23.5 Å². The normalized spacial score (nSPS) is 12.8. The van der Waals surface area contributed by atoms with Crippen molar-refractivity contribution in [3.63, 3.8) is 0 Å². The highest BCUT2D eigenvalue weighted by molar-refractivity contribution is 5.15. The Bertz CT molecular complexity index is 527. The topological polar surface area (TPSA) is 60.6 Å². The van der Waals surface area contributed by atoms with E-state index in [0.29, 0.717) is 0 Å².